The number of carbonyl (C=O) groups is 2. The average Bonchev–Trinajstić information content (AvgIpc) is 2.61. The number of aliphatic carboxylic acids is 1. The van der Waals surface area contributed by atoms with Crippen LogP contribution in [0, 0.1) is 5.92 Å². The van der Waals surface area contributed by atoms with Crippen LogP contribution in [0.3, 0.4) is 0 Å². The summed E-state index contributed by atoms with van der Waals surface area (Å²) in [5.41, 5.74) is 5.41. The molecule has 1 fully saturated rings. The third-order valence-corrected chi connectivity index (χ3v) is 3.07. The zero-order valence-electron chi connectivity index (χ0n) is 11.2. The fourth-order valence-electron chi connectivity index (χ4n) is 2.01. The van der Waals surface area contributed by atoms with Gasteiger partial charge in [-0.15, -0.1) is 0 Å². The molecule has 104 valence electrons. The third-order valence-electron chi connectivity index (χ3n) is 3.07. The Labute approximate surface area is 107 Å². The van der Waals surface area contributed by atoms with E-state index in [-0.39, 0.29) is 30.8 Å². The predicted octanol–water partition coefficient (Wildman–Crippen LogP) is 0.0619. The Balaban J connectivity index is 2.76. The van der Waals surface area contributed by atoms with E-state index in [2.05, 4.69) is 0 Å². The van der Waals surface area contributed by atoms with Crippen LogP contribution >= 0.6 is 0 Å². The van der Waals surface area contributed by atoms with Crippen molar-refractivity contribution in [2.24, 2.45) is 11.7 Å². The van der Waals surface area contributed by atoms with E-state index in [0.717, 1.165) is 0 Å². The summed E-state index contributed by atoms with van der Waals surface area (Å²) in [5.74, 6) is -1.39. The van der Waals surface area contributed by atoms with Gasteiger partial charge in [-0.25, -0.2) is 0 Å². The Hall–Kier alpha value is -1.14. The molecule has 1 aliphatic rings. The summed E-state index contributed by atoms with van der Waals surface area (Å²) in [6.45, 7) is 6.55. The molecule has 1 heterocycles. The van der Waals surface area contributed by atoms with E-state index in [9.17, 15) is 9.59 Å². The number of hydrogen-bond acceptors (Lipinski definition) is 4. The third kappa shape index (κ3) is 3.68. The molecule has 6 heteroatoms. The molecule has 0 spiro atoms. The van der Waals surface area contributed by atoms with Crippen molar-refractivity contribution in [3.05, 3.63) is 0 Å². The van der Waals surface area contributed by atoms with Gasteiger partial charge in [0, 0.05) is 18.1 Å². The van der Waals surface area contributed by atoms with E-state index in [4.69, 9.17) is 15.6 Å². The van der Waals surface area contributed by atoms with E-state index >= 15 is 0 Å². The molecule has 0 aliphatic carbocycles. The average molecular weight is 258 g/mol. The lowest BCUT2D eigenvalue weighted by atomic mass is 9.98. The topological polar surface area (TPSA) is 92.9 Å². The standard InChI is InChI=1S/C12H22N2O4/c1-12(2,3)14(5-4-10(15)16)11(17)8-6-18-7-9(8)13/h8-9H,4-7,13H2,1-3H3,(H,15,16). The second-order valence-corrected chi connectivity index (χ2v) is 5.61. The molecule has 0 bridgehead atoms. The fourth-order valence-corrected chi connectivity index (χ4v) is 2.01. The van der Waals surface area contributed by atoms with Crippen LogP contribution in [0.25, 0.3) is 0 Å². The van der Waals surface area contributed by atoms with Crippen molar-refractivity contribution >= 4 is 11.9 Å². The monoisotopic (exact) mass is 258 g/mol. The van der Waals surface area contributed by atoms with Gasteiger partial charge in [-0.05, 0) is 20.8 Å². The van der Waals surface area contributed by atoms with Gasteiger partial charge in [0.05, 0.1) is 25.6 Å². The molecule has 1 aliphatic heterocycles. The normalized spacial score (nSPS) is 24.0. The lowest BCUT2D eigenvalue weighted by Gasteiger charge is -2.37. The first-order valence-electron chi connectivity index (χ1n) is 6.10. The lowest BCUT2D eigenvalue weighted by molar-refractivity contribution is -0.143. The zero-order chi connectivity index (χ0) is 13.9. The number of amides is 1. The van der Waals surface area contributed by atoms with E-state index in [1.165, 1.54) is 0 Å². The molecule has 0 aromatic rings. The summed E-state index contributed by atoms with van der Waals surface area (Å²) in [5, 5.41) is 8.74. The van der Waals surface area contributed by atoms with Crippen LogP contribution in [0.5, 0.6) is 0 Å². The summed E-state index contributed by atoms with van der Waals surface area (Å²) in [6, 6.07) is -0.299. The van der Waals surface area contributed by atoms with Gasteiger partial charge in [0.15, 0.2) is 0 Å². The lowest BCUT2D eigenvalue weighted by Crippen LogP contribution is -2.52. The fraction of sp³-hybridized carbons (Fsp3) is 0.833. The van der Waals surface area contributed by atoms with Crippen molar-refractivity contribution in [1.82, 2.24) is 4.90 Å². The summed E-state index contributed by atoms with van der Waals surface area (Å²) < 4.78 is 5.19. The van der Waals surface area contributed by atoms with Crippen molar-refractivity contribution in [2.75, 3.05) is 19.8 Å². The Morgan fingerprint density at radius 3 is 2.39 bits per heavy atom. The molecule has 1 saturated heterocycles. The summed E-state index contributed by atoms with van der Waals surface area (Å²) >= 11 is 0. The van der Waals surface area contributed by atoms with Gasteiger partial charge in [0.1, 0.15) is 0 Å². The first-order valence-corrected chi connectivity index (χ1v) is 6.10. The highest BCUT2D eigenvalue weighted by Gasteiger charge is 2.38. The predicted molar refractivity (Wildman–Crippen MR) is 66.0 cm³/mol. The van der Waals surface area contributed by atoms with Crippen LogP contribution in [-0.2, 0) is 14.3 Å². The number of carbonyl (C=O) groups excluding carboxylic acids is 1. The van der Waals surface area contributed by atoms with Crippen molar-refractivity contribution in [1.29, 1.82) is 0 Å². The Kier molecular flexibility index (Phi) is 4.70. The highest BCUT2D eigenvalue weighted by molar-refractivity contribution is 5.81. The summed E-state index contributed by atoms with van der Waals surface area (Å²) in [6.07, 6.45) is -0.0637. The zero-order valence-corrected chi connectivity index (χ0v) is 11.2. The minimum Gasteiger partial charge on any atom is -0.481 e. The van der Waals surface area contributed by atoms with Gasteiger partial charge in [0.25, 0.3) is 0 Å². The second kappa shape index (κ2) is 5.67. The number of carboxylic acid groups (broad SMARTS) is 1. The highest BCUT2D eigenvalue weighted by Crippen LogP contribution is 2.21. The molecule has 0 radical (unpaired) electrons. The van der Waals surface area contributed by atoms with Gasteiger partial charge >= 0.3 is 5.97 Å². The molecule has 1 amide bonds. The van der Waals surface area contributed by atoms with Gasteiger partial charge in [-0.1, -0.05) is 0 Å². The van der Waals surface area contributed by atoms with Crippen LogP contribution in [0.2, 0.25) is 0 Å². The molecule has 1 rings (SSSR count). The first kappa shape index (κ1) is 14.9. The van der Waals surface area contributed by atoms with Crippen molar-refractivity contribution in [3.63, 3.8) is 0 Å². The maximum absolute atomic E-state index is 12.4. The van der Waals surface area contributed by atoms with Crippen LogP contribution in [0.4, 0.5) is 0 Å². The summed E-state index contributed by atoms with van der Waals surface area (Å²) in [4.78, 5) is 24.6. The Morgan fingerprint density at radius 1 is 1.39 bits per heavy atom. The van der Waals surface area contributed by atoms with Crippen LogP contribution in [0.1, 0.15) is 27.2 Å². The van der Waals surface area contributed by atoms with Gasteiger partial charge in [-0.2, -0.15) is 0 Å². The number of hydrogen-bond donors (Lipinski definition) is 2. The SMILES string of the molecule is CC(C)(C)N(CCC(=O)O)C(=O)C1COCC1N. The van der Waals surface area contributed by atoms with Crippen LogP contribution in [-0.4, -0.2) is 53.2 Å². The molecule has 0 aromatic carbocycles. The van der Waals surface area contributed by atoms with Crippen LogP contribution in [0.15, 0.2) is 0 Å². The van der Waals surface area contributed by atoms with Gasteiger partial charge < -0.3 is 20.5 Å². The molecule has 0 saturated carbocycles. The summed E-state index contributed by atoms with van der Waals surface area (Å²) in [7, 11) is 0. The van der Waals surface area contributed by atoms with E-state index in [1.807, 2.05) is 20.8 Å². The van der Waals surface area contributed by atoms with Crippen molar-refractivity contribution < 1.29 is 19.4 Å². The number of nitrogens with two attached hydrogens (primary N) is 1. The van der Waals surface area contributed by atoms with Gasteiger partial charge in [0.2, 0.25) is 5.91 Å². The largest absolute Gasteiger partial charge is 0.481 e. The molecular weight excluding hydrogens is 236 g/mol. The molecule has 2 unspecified atom stereocenters. The van der Waals surface area contributed by atoms with Crippen molar-refractivity contribution in [2.45, 2.75) is 38.8 Å². The smallest absolute Gasteiger partial charge is 0.305 e. The first-order chi connectivity index (χ1) is 8.23. The van der Waals surface area contributed by atoms with E-state index in [1.54, 1.807) is 4.90 Å². The molecule has 6 nitrogen and oxygen atoms in total. The maximum Gasteiger partial charge on any atom is 0.305 e. The minimum absolute atomic E-state index is 0.0637. The molecule has 0 aromatic heterocycles. The van der Waals surface area contributed by atoms with Gasteiger partial charge in [-0.3, -0.25) is 9.59 Å². The van der Waals surface area contributed by atoms with E-state index in [0.29, 0.717) is 13.2 Å². The minimum atomic E-state index is -0.913. The number of nitrogens with zero attached hydrogens (tertiary/aromatic N) is 1. The maximum atomic E-state index is 12.4. The van der Waals surface area contributed by atoms with Crippen LogP contribution < -0.4 is 5.73 Å². The Morgan fingerprint density at radius 2 is 2.00 bits per heavy atom. The number of rotatable bonds is 4. The van der Waals surface area contributed by atoms with Crippen molar-refractivity contribution in [3.8, 4) is 0 Å². The second-order valence-electron chi connectivity index (χ2n) is 5.61. The number of ether oxygens (including phenoxy) is 1. The van der Waals surface area contributed by atoms with E-state index < -0.39 is 11.5 Å². The molecular formula is C12H22N2O4. The molecule has 2 atom stereocenters. The number of carboxylic acids is 1. The highest BCUT2D eigenvalue weighted by atomic mass is 16.5. The Bertz CT molecular complexity index is 325. The quantitative estimate of drug-likeness (QED) is 0.744. The molecule has 18 heavy (non-hydrogen) atoms. The molecule has 3 N–H and O–H groups in total.